The second-order valence-electron chi connectivity index (χ2n) is 10.1. The van der Waals surface area contributed by atoms with Crippen molar-refractivity contribution < 1.29 is 45.7 Å². The fourth-order valence-electron chi connectivity index (χ4n) is 5.62. The zero-order valence-electron chi connectivity index (χ0n) is 21.4. The van der Waals surface area contributed by atoms with Gasteiger partial charge in [-0.05, 0) is 60.9 Å². The number of hydrogen-bond donors (Lipinski definition) is 2. The number of hydrogen-bond acceptors (Lipinski definition) is 5. The number of rotatable bonds is 12. The Balaban J connectivity index is 1.48. The average Bonchev–Trinajstić information content (AvgIpc) is 3.20. The van der Waals surface area contributed by atoms with Gasteiger partial charge in [-0.15, -0.1) is 0 Å². The highest BCUT2D eigenvalue weighted by molar-refractivity contribution is 5.34. The van der Waals surface area contributed by atoms with E-state index in [-0.39, 0.29) is 36.8 Å². The molecule has 0 saturated carbocycles. The molecule has 2 aliphatic heterocycles. The van der Waals surface area contributed by atoms with Gasteiger partial charge in [0.1, 0.15) is 0 Å². The second kappa shape index (κ2) is 12.6. The lowest BCUT2D eigenvalue weighted by Crippen LogP contribution is -2.54. The van der Waals surface area contributed by atoms with E-state index in [0.717, 1.165) is 24.1 Å². The van der Waals surface area contributed by atoms with Crippen molar-refractivity contribution in [2.24, 2.45) is 5.92 Å². The van der Waals surface area contributed by atoms with Gasteiger partial charge in [0.2, 0.25) is 0 Å². The SMILES string of the molecule is OCCCOCCOCC1CC2(c3ccccc3)NC1CCC2OCc1cc(C(F)(F)F)cc(C(F)(F)F)c1. The standard InChI is InChI=1S/C28H33F6NO4/c29-27(30,31)22-13-19(14-23(15-22)28(32,33)34)17-39-25-8-7-24-20(18-38-12-11-37-10-4-9-36)16-26(25,35-24)21-5-2-1-3-6-21/h1-3,5-6,13-15,20,24-25,35-36H,4,7-12,16-18H2. The third-order valence-electron chi connectivity index (χ3n) is 7.42. The molecule has 4 rings (SSSR count). The first-order valence-corrected chi connectivity index (χ1v) is 13.0. The molecule has 0 spiro atoms. The summed E-state index contributed by atoms with van der Waals surface area (Å²) in [7, 11) is 0. The number of ether oxygens (including phenoxy) is 3. The highest BCUT2D eigenvalue weighted by Crippen LogP contribution is 2.48. The number of halogens is 6. The summed E-state index contributed by atoms with van der Waals surface area (Å²) in [5.41, 5.74) is -2.58. The number of nitrogens with one attached hydrogen (secondary N) is 1. The van der Waals surface area contributed by atoms with E-state index >= 15 is 0 Å². The molecule has 4 unspecified atom stereocenters. The lowest BCUT2D eigenvalue weighted by atomic mass is 9.80. The van der Waals surface area contributed by atoms with Crippen LogP contribution in [0, 0.1) is 5.92 Å². The Morgan fingerprint density at radius 2 is 1.54 bits per heavy atom. The maximum Gasteiger partial charge on any atom is 0.416 e. The zero-order valence-corrected chi connectivity index (χ0v) is 21.4. The van der Waals surface area contributed by atoms with Crippen LogP contribution in [0.25, 0.3) is 0 Å². The predicted molar refractivity (Wildman–Crippen MR) is 131 cm³/mol. The van der Waals surface area contributed by atoms with Crippen molar-refractivity contribution in [2.45, 2.75) is 62.3 Å². The number of piperidine rings is 1. The molecule has 2 fully saturated rings. The number of aliphatic hydroxyl groups is 1. The smallest absolute Gasteiger partial charge is 0.396 e. The molecule has 39 heavy (non-hydrogen) atoms. The van der Waals surface area contributed by atoms with Crippen LogP contribution in [0.5, 0.6) is 0 Å². The molecule has 2 aliphatic rings. The molecule has 4 atom stereocenters. The molecule has 0 radical (unpaired) electrons. The van der Waals surface area contributed by atoms with Crippen LogP contribution < -0.4 is 5.32 Å². The fourth-order valence-corrected chi connectivity index (χ4v) is 5.62. The van der Waals surface area contributed by atoms with Gasteiger partial charge in [0, 0.05) is 19.3 Å². The number of benzene rings is 2. The van der Waals surface area contributed by atoms with Crippen molar-refractivity contribution in [3.8, 4) is 0 Å². The summed E-state index contributed by atoms with van der Waals surface area (Å²) in [5.74, 6) is 0.140. The van der Waals surface area contributed by atoms with E-state index in [9.17, 15) is 26.3 Å². The van der Waals surface area contributed by atoms with E-state index < -0.39 is 35.1 Å². The van der Waals surface area contributed by atoms with Crippen LogP contribution in [0.15, 0.2) is 48.5 Å². The van der Waals surface area contributed by atoms with Gasteiger partial charge >= 0.3 is 12.4 Å². The van der Waals surface area contributed by atoms with Gasteiger partial charge in [0.05, 0.1) is 49.2 Å². The first kappa shape index (κ1) is 29.8. The van der Waals surface area contributed by atoms with Gasteiger partial charge in [-0.2, -0.15) is 26.3 Å². The zero-order chi connectivity index (χ0) is 28.1. The fraction of sp³-hybridized carbons (Fsp3) is 0.571. The van der Waals surface area contributed by atoms with Crippen molar-refractivity contribution >= 4 is 0 Å². The summed E-state index contributed by atoms with van der Waals surface area (Å²) in [5, 5.41) is 12.5. The molecule has 2 heterocycles. The molecule has 0 aliphatic carbocycles. The van der Waals surface area contributed by atoms with Crippen LogP contribution in [0.1, 0.15) is 47.9 Å². The first-order valence-electron chi connectivity index (χ1n) is 13.0. The van der Waals surface area contributed by atoms with Crippen LogP contribution in [-0.4, -0.2) is 50.3 Å². The summed E-state index contributed by atoms with van der Waals surface area (Å²) in [4.78, 5) is 0. The normalized spacial score (nSPS) is 25.3. The third-order valence-corrected chi connectivity index (χ3v) is 7.42. The maximum absolute atomic E-state index is 13.3. The molecule has 2 aromatic rings. The highest BCUT2D eigenvalue weighted by atomic mass is 19.4. The van der Waals surface area contributed by atoms with Gasteiger partial charge in [0.15, 0.2) is 0 Å². The molecule has 0 amide bonds. The van der Waals surface area contributed by atoms with E-state index in [1.807, 2.05) is 30.3 Å². The molecule has 2 bridgehead atoms. The van der Waals surface area contributed by atoms with Gasteiger partial charge < -0.3 is 24.6 Å². The van der Waals surface area contributed by atoms with E-state index in [4.69, 9.17) is 19.3 Å². The van der Waals surface area contributed by atoms with Crippen LogP contribution in [0.4, 0.5) is 26.3 Å². The van der Waals surface area contributed by atoms with E-state index in [0.29, 0.717) is 45.7 Å². The Labute approximate surface area is 223 Å². The molecule has 5 nitrogen and oxygen atoms in total. The van der Waals surface area contributed by atoms with E-state index in [2.05, 4.69) is 5.32 Å². The summed E-state index contributed by atoms with van der Waals surface area (Å²) in [6, 6.07) is 11.3. The second-order valence-corrected chi connectivity index (χ2v) is 10.1. The number of alkyl halides is 6. The quantitative estimate of drug-likeness (QED) is 0.258. The van der Waals surface area contributed by atoms with Gasteiger partial charge in [-0.25, -0.2) is 0 Å². The van der Waals surface area contributed by atoms with Crippen LogP contribution in [-0.2, 0) is 38.7 Å². The monoisotopic (exact) mass is 561 g/mol. The topological polar surface area (TPSA) is 60.0 Å². The number of aliphatic hydroxyl groups excluding tert-OH is 1. The Hall–Kier alpha value is -2.18. The average molecular weight is 562 g/mol. The lowest BCUT2D eigenvalue weighted by molar-refractivity contribution is -0.143. The van der Waals surface area contributed by atoms with Crippen LogP contribution in [0.2, 0.25) is 0 Å². The highest BCUT2D eigenvalue weighted by Gasteiger charge is 2.54. The van der Waals surface area contributed by atoms with Gasteiger partial charge in [0.25, 0.3) is 0 Å². The summed E-state index contributed by atoms with van der Waals surface area (Å²) in [6.45, 7) is 1.44. The van der Waals surface area contributed by atoms with Crippen molar-refractivity contribution in [1.82, 2.24) is 5.32 Å². The lowest BCUT2D eigenvalue weighted by Gasteiger charge is -2.42. The van der Waals surface area contributed by atoms with Crippen molar-refractivity contribution in [1.29, 1.82) is 0 Å². The molecular formula is C28H33F6NO4. The van der Waals surface area contributed by atoms with Crippen molar-refractivity contribution in [3.63, 3.8) is 0 Å². The predicted octanol–water partition coefficient (Wildman–Crippen LogP) is 5.69. The Morgan fingerprint density at radius 3 is 2.18 bits per heavy atom. The van der Waals surface area contributed by atoms with Crippen LogP contribution in [0.3, 0.4) is 0 Å². The Bertz CT molecular complexity index is 1030. The van der Waals surface area contributed by atoms with Gasteiger partial charge in [-0.3, -0.25) is 0 Å². The summed E-state index contributed by atoms with van der Waals surface area (Å²) >= 11 is 0. The minimum atomic E-state index is -4.91. The Kier molecular flexibility index (Phi) is 9.59. The molecule has 2 saturated heterocycles. The first-order chi connectivity index (χ1) is 18.5. The molecular weight excluding hydrogens is 528 g/mol. The molecule has 11 heteroatoms. The summed E-state index contributed by atoms with van der Waals surface area (Å²) < 4.78 is 97.4. The molecule has 2 aromatic carbocycles. The van der Waals surface area contributed by atoms with Crippen molar-refractivity contribution in [3.05, 3.63) is 70.8 Å². The molecule has 0 aromatic heterocycles. The summed E-state index contributed by atoms with van der Waals surface area (Å²) in [6.07, 6.45) is -7.75. The number of fused-ring (bicyclic) bond motifs is 2. The minimum Gasteiger partial charge on any atom is -0.396 e. The van der Waals surface area contributed by atoms with Crippen molar-refractivity contribution in [2.75, 3.05) is 33.0 Å². The van der Waals surface area contributed by atoms with Gasteiger partial charge in [-0.1, -0.05) is 30.3 Å². The molecule has 2 N–H and O–H groups in total. The third kappa shape index (κ3) is 7.32. The minimum absolute atomic E-state index is 0.0678. The molecule has 216 valence electrons. The van der Waals surface area contributed by atoms with E-state index in [1.54, 1.807) is 0 Å². The largest absolute Gasteiger partial charge is 0.416 e. The van der Waals surface area contributed by atoms with Crippen LogP contribution >= 0.6 is 0 Å². The Morgan fingerprint density at radius 1 is 0.872 bits per heavy atom. The maximum atomic E-state index is 13.3. The van der Waals surface area contributed by atoms with E-state index in [1.165, 1.54) is 0 Å².